The molecule has 0 aliphatic heterocycles. The highest BCUT2D eigenvalue weighted by Gasteiger charge is 2.10. The molecule has 4 nitrogen and oxygen atoms in total. The number of hydrogen-bond donors (Lipinski definition) is 1. The molecule has 2 aromatic rings. The van der Waals surface area contributed by atoms with Crippen molar-refractivity contribution in [3.8, 4) is 0 Å². The van der Waals surface area contributed by atoms with Gasteiger partial charge in [-0.25, -0.2) is 0 Å². The fraction of sp³-hybridized carbons (Fsp3) is 0.263. The molecule has 1 amide bonds. The van der Waals surface area contributed by atoms with Gasteiger partial charge in [0.05, 0.1) is 5.75 Å². The number of benzene rings is 2. The van der Waals surface area contributed by atoms with Gasteiger partial charge in [-0.2, -0.15) is 0 Å². The standard InChI is InChI=1S/C19H21NO3S/c1-13-5-4-6-16(9-13)20-18(21)11-23-19(22)12-24-17-10-14(2)7-8-15(17)3/h4-10H,11-12H2,1-3H3,(H,20,21). The van der Waals surface area contributed by atoms with Gasteiger partial charge >= 0.3 is 5.97 Å². The lowest BCUT2D eigenvalue weighted by molar-refractivity contribution is -0.144. The molecule has 0 aliphatic carbocycles. The molecule has 0 bridgehead atoms. The van der Waals surface area contributed by atoms with E-state index >= 15 is 0 Å². The molecular formula is C19H21NO3S. The largest absolute Gasteiger partial charge is 0.455 e. The second-order valence-corrected chi connectivity index (χ2v) is 6.65. The number of hydrogen-bond acceptors (Lipinski definition) is 4. The van der Waals surface area contributed by atoms with Crippen LogP contribution in [-0.2, 0) is 14.3 Å². The number of carbonyl (C=O) groups excluding carboxylic acids is 2. The molecule has 0 spiro atoms. The molecule has 0 radical (unpaired) electrons. The molecule has 0 fully saturated rings. The Morgan fingerprint density at radius 3 is 2.54 bits per heavy atom. The van der Waals surface area contributed by atoms with Crippen molar-refractivity contribution in [1.82, 2.24) is 0 Å². The highest BCUT2D eigenvalue weighted by Crippen LogP contribution is 2.23. The molecule has 1 N–H and O–H groups in total. The van der Waals surface area contributed by atoms with Crippen molar-refractivity contribution >= 4 is 29.3 Å². The van der Waals surface area contributed by atoms with E-state index in [4.69, 9.17) is 4.74 Å². The summed E-state index contributed by atoms with van der Waals surface area (Å²) in [7, 11) is 0. The maximum atomic E-state index is 11.8. The van der Waals surface area contributed by atoms with Gasteiger partial charge in [-0.15, -0.1) is 11.8 Å². The van der Waals surface area contributed by atoms with E-state index in [0.717, 1.165) is 21.6 Å². The van der Waals surface area contributed by atoms with Crippen molar-refractivity contribution < 1.29 is 14.3 Å². The van der Waals surface area contributed by atoms with Gasteiger partial charge in [0.2, 0.25) is 0 Å². The topological polar surface area (TPSA) is 55.4 Å². The number of anilines is 1. The highest BCUT2D eigenvalue weighted by atomic mass is 32.2. The quantitative estimate of drug-likeness (QED) is 0.639. The molecule has 2 rings (SSSR count). The Balaban J connectivity index is 1.76. The number of ether oxygens (including phenoxy) is 1. The Morgan fingerprint density at radius 2 is 1.79 bits per heavy atom. The molecule has 0 saturated heterocycles. The van der Waals surface area contributed by atoms with Crippen LogP contribution in [0, 0.1) is 20.8 Å². The Labute approximate surface area is 146 Å². The number of rotatable bonds is 6. The van der Waals surface area contributed by atoms with E-state index in [9.17, 15) is 9.59 Å². The summed E-state index contributed by atoms with van der Waals surface area (Å²) in [5.41, 5.74) is 4.01. The van der Waals surface area contributed by atoms with E-state index in [0.29, 0.717) is 5.69 Å². The van der Waals surface area contributed by atoms with Crippen LogP contribution in [0.2, 0.25) is 0 Å². The Kier molecular flexibility index (Phi) is 6.44. The summed E-state index contributed by atoms with van der Waals surface area (Å²) < 4.78 is 5.03. The third-order valence-corrected chi connectivity index (χ3v) is 4.49. The zero-order valence-electron chi connectivity index (χ0n) is 14.1. The van der Waals surface area contributed by atoms with Crippen molar-refractivity contribution in [2.75, 3.05) is 17.7 Å². The number of nitrogens with one attached hydrogen (secondary N) is 1. The van der Waals surface area contributed by atoms with Crippen LogP contribution in [0.4, 0.5) is 5.69 Å². The number of amides is 1. The Bertz CT molecular complexity index is 743. The molecule has 2 aromatic carbocycles. The van der Waals surface area contributed by atoms with Crippen LogP contribution in [0.25, 0.3) is 0 Å². The number of carbonyl (C=O) groups is 2. The number of thioether (sulfide) groups is 1. The number of aryl methyl sites for hydroxylation is 3. The summed E-state index contributed by atoms with van der Waals surface area (Å²) in [6.07, 6.45) is 0. The number of esters is 1. The molecule has 24 heavy (non-hydrogen) atoms. The predicted molar refractivity (Wildman–Crippen MR) is 97.4 cm³/mol. The summed E-state index contributed by atoms with van der Waals surface area (Å²) in [4.78, 5) is 24.7. The first-order valence-electron chi connectivity index (χ1n) is 7.66. The predicted octanol–water partition coefficient (Wildman–Crippen LogP) is 3.89. The van der Waals surface area contributed by atoms with Gasteiger partial charge in [-0.1, -0.05) is 29.8 Å². The first-order chi connectivity index (χ1) is 11.4. The summed E-state index contributed by atoms with van der Waals surface area (Å²) in [5.74, 6) is -0.562. The van der Waals surface area contributed by atoms with Gasteiger partial charge < -0.3 is 10.1 Å². The van der Waals surface area contributed by atoms with E-state index in [1.165, 1.54) is 11.8 Å². The molecule has 0 atom stereocenters. The fourth-order valence-corrected chi connectivity index (χ4v) is 3.03. The minimum atomic E-state index is -0.403. The molecule has 5 heteroatoms. The van der Waals surface area contributed by atoms with Gasteiger partial charge in [-0.05, 0) is 50.1 Å². The minimum absolute atomic E-state index is 0.183. The van der Waals surface area contributed by atoms with Crippen LogP contribution in [0.5, 0.6) is 0 Å². The third kappa shape index (κ3) is 5.74. The van der Waals surface area contributed by atoms with Crippen LogP contribution in [0.15, 0.2) is 47.4 Å². The zero-order chi connectivity index (χ0) is 17.5. The summed E-state index contributed by atoms with van der Waals surface area (Å²) in [5, 5.41) is 2.71. The van der Waals surface area contributed by atoms with Gasteiger partial charge in [0, 0.05) is 10.6 Å². The lowest BCUT2D eigenvalue weighted by Crippen LogP contribution is -2.21. The van der Waals surface area contributed by atoms with E-state index in [-0.39, 0.29) is 18.3 Å². The Hall–Kier alpha value is -2.27. The summed E-state index contributed by atoms with van der Waals surface area (Å²) in [6.45, 7) is 5.68. The molecule has 0 aliphatic rings. The smallest absolute Gasteiger partial charge is 0.316 e. The second-order valence-electron chi connectivity index (χ2n) is 5.64. The van der Waals surface area contributed by atoms with Gasteiger partial charge in [0.25, 0.3) is 5.91 Å². The van der Waals surface area contributed by atoms with Gasteiger partial charge in [0.1, 0.15) is 0 Å². The van der Waals surface area contributed by atoms with E-state index < -0.39 is 5.97 Å². The average molecular weight is 343 g/mol. The maximum Gasteiger partial charge on any atom is 0.316 e. The van der Waals surface area contributed by atoms with Gasteiger partial charge in [-0.3, -0.25) is 9.59 Å². The van der Waals surface area contributed by atoms with Crippen LogP contribution >= 0.6 is 11.8 Å². The molecule has 0 unspecified atom stereocenters. The van der Waals surface area contributed by atoms with E-state index in [1.54, 1.807) is 6.07 Å². The first kappa shape index (κ1) is 18.1. The van der Waals surface area contributed by atoms with Crippen molar-refractivity contribution in [3.63, 3.8) is 0 Å². The van der Waals surface area contributed by atoms with E-state index in [1.807, 2.05) is 57.2 Å². The highest BCUT2D eigenvalue weighted by molar-refractivity contribution is 8.00. The van der Waals surface area contributed by atoms with Crippen LogP contribution in [0.1, 0.15) is 16.7 Å². The van der Waals surface area contributed by atoms with Gasteiger partial charge in [0.15, 0.2) is 6.61 Å². The van der Waals surface area contributed by atoms with Crippen LogP contribution in [-0.4, -0.2) is 24.2 Å². The van der Waals surface area contributed by atoms with Crippen molar-refractivity contribution in [3.05, 3.63) is 59.2 Å². The molecule has 0 saturated carbocycles. The normalized spacial score (nSPS) is 10.3. The van der Waals surface area contributed by atoms with Crippen LogP contribution < -0.4 is 5.32 Å². The zero-order valence-corrected chi connectivity index (χ0v) is 14.9. The second kappa shape index (κ2) is 8.55. The maximum absolute atomic E-state index is 11.8. The van der Waals surface area contributed by atoms with Crippen molar-refractivity contribution in [2.24, 2.45) is 0 Å². The third-order valence-electron chi connectivity index (χ3n) is 3.36. The summed E-state index contributed by atoms with van der Waals surface area (Å²) >= 11 is 1.42. The van der Waals surface area contributed by atoms with Crippen molar-refractivity contribution in [1.29, 1.82) is 0 Å². The molecule has 0 heterocycles. The molecular weight excluding hydrogens is 322 g/mol. The Morgan fingerprint density at radius 1 is 1.04 bits per heavy atom. The fourth-order valence-electron chi connectivity index (χ4n) is 2.11. The van der Waals surface area contributed by atoms with Crippen LogP contribution in [0.3, 0.4) is 0 Å². The summed E-state index contributed by atoms with van der Waals surface area (Å²) in [6, 6.07) is 13.6. The molecule has 0 aromatic heterocycles. The average Bonchev–Trinajstić information content (AvgIpc) is 2.54. The first-order valence-corrected chi connectivity index (χ1v) is 8.65. The molecule has 126 valence electrons. The minimum Gasteiger partial charge on any atom is -0.455 e. The lowest BCUT2D eigenvalue weighted by Gasteiger charge is -2.08. The SMILES string of the molecule is Cc1cccc(NC(=O)COC(=O)CSc2cc(C)ccc2C)c1. The lowest BCUT2D eigenvalue weighted by atomic mass is 10.2. The monoisotopic (exact) mass is 343 g/mol. The van der Waals surface area contributed by atoms with Crippen molar-refractivity contribution in [2.45, 2.75) is 25.7 Å². The van der Waals surface area contributed by atoms with E-state index in [2.05, 4.69) is 5.32 Å².